The molecule has 1 rings (SSSR count). The number of hydrogen-bond donors (Lipinski definition) is 1. The van der Waals surface area contributed by atoms with Crippen molar-refractivity contribution in [2.24, 2.45) is 5.10 Å². The zero-order valence-corrected chi connectivity index (χ0v) is 6.71. The Bertz CT molecular complexity index is 273. The number of rotatable bonds is 3. The van der Waals surface area contributed by atoms with E-state index in [0.717, 1.165) is 0 Å². The maximum absolute atomic E-state index is 10.0. The highest BCUT2D eigenvalue weighted by Crippen LogP contribution is 1.97. The van der Waals surface area contributed by atoms with E-state index in [1.807, 2.05) is 0 Å². The highest BCUT2D eigenvalue weighted by Gasteiger charge is 2.18. The Morgan fingerprint density at radius 1 is 1.69 bits per heavy atom. The topological polar surface area (TPSA) is 87.8 Å². The van der Waals surface area contributed by atoms with Crippen LogP contribution in [0.2, 0.25) is 0 Å². The van der Waals surface area contributed by atoms with E-state index in [-0.39, 0.29) is 5.96 Å². The molecule has 70 valence electrons. The summed E-state index contributed by atoms with van der Waals surface area (Å²) < 4.78 is 0. The predicted octanol–water partition coefficient (Wildman–Crippen LogP) is -0.848. The molecule has 0 aliphatic carbocycles. The molecule has 1 fully saturated rings. The molecule has 0 aromatic rings. The first-order valence-electron chi connectivity index (χ1n) is 3.59. The lowest BCUT2D eigenvalue weighted by Crippen LogP contribution is -2.26. The van der Waals surface area contributed by atoms with Gasteiger partial charge >= 0.3 is 0 Å². The summed E-state index contributed by atoms with van der Waals surface area (Å²) in [5, 5.41) is 15.1. The van der Waals surface area contributed by atoms with Gasteiger partial charge in [0, 0.05) is 19.3 Å². The van der Waals surface area contributed by atoms with Gasteiger partial charge in [0.1, 0.15) is 11.4 Å². The van der Waals surface area contributed by atoms with Crippen LogP contribution in [0.4, 0.5) is 0 Å². The van der Waals surface area contributed by atoms with Crippen LogP contribution >= 0.6 is 0 Å². The molecule has 0 saturated carbocycles. The highest BCUT2D eigenvalue weighted by atomic mass is 16.7. The second-order valence-corrected chi connectivity index (χ2v) is 2.26. The Balaban J connectivity index is 2.68. The van der Waals surface area contributed by atoms with Crippen LogP contribution in [0.25, 0.3) is 0 Å². The number of hydrogen-bond acceptors (Lipinski definition) is 3. The monoisotopic (exact) mass is 184 g/mol. The lowest BCUT2D eigenvalue weighted by Gasteiger charge is -2.07. The third-order valence-corrected chi connectivity index (χ3v) is 1.43. The Kier molecular flexibility index (Phi) is 2.96. The van der Waals surface area contributed by atoms with Gasteiger partial charge in [-0.3, -0.25) is 4.79 Å². The number of aldehydes is 1. The van der Waals surface area contributed by atoms with Gasteiger partial charge in [0.05, 0.1) is 0 Å². The minimum absolute atomic E-state index is 0.156. The average molecular weight is 184 g/mol. The van der Waals surface area contributed by atoms with Crippen molar-refractivity contribution in [3.8, 4) is 0 Å². The predicted molar refractivity (Wildman–Crippen MR) is 44.3 cm³/mol. The van der Waals surface area contributed by atoms with E-state index in [2.05, 4.69) is 10.4 Å². The first kappa shape index (κ1) is 9.17. The Morgan fingerprint density at radius 2 is 2.46 bits per heavy atom. The normalized spacial score (nSPS) is 19.4. The third kappa shape index (κ3) is 2.55. The first-order valence-corrected chi connectivity index (χ1v) is 3.59. The second kappa shape index (κ2) is 4.19. The Labute approximate surface area is 73.9 Å². The second-order valence-electron chi connectivity index (χ2n) is 2.26. The molecule has 0 unspecified atom stereocenters. The zero-order valence-electron chi connectivity index (χ0n) is 6.71. The summed E-state index contributed by atoms with van der Waals surface area (Å²) in [4.78, 5) is 21.5. The van der Waals surface area contributed by atoms with Gasteiger partial charge in [-0.2, -0.15) is 0 Å². The molecule has 1 aliphatic heterocycles. The van der Waals surface area contributed by atoms with Crippen LogP contribution in [-0.2, 0) is 4.79 Å². The molecule has 1 aliphatic rings. The molecule has 0 aromatic heterocycles. The van der Waals surface area contributed by atoms with Gasteiger partial charge in [-0.25, -0.2) is 10.1 Å². The van der Waals surface area contributed by atoms with Crippen LogP contribution in [0.1, 0.15) is 0 Å². The van der Waals surface area contributed by atoms with Crippen molar-refractivity contribution >= 4 is 12.2 Å². The van der Waals surface area contributed by atoms with Gasteiger partial charge in [-0.05, 0) is 6.08 Å². The first-order chi connectivity index (χ1) is 6.24. The van der Waals surface area contributed by atoms with Gasteiger partial charge < -0.3 is 10.2 Å². The summed E-state index contributed by atoms with van der Waals surface area (Å²) in [6.07, 6.45) is 3.29. The standard InChI is InChI=1S/C6H8N4O3/c11-5-1-3-9-4-2-7-6(9)8-10(12)13/h1,3,5H,2,4H2,(H,7,8). The van der Waals surface area contributed by atoms with E-state index in [9.17, 15) is 14.9 Å². The van der Waals surface area contributed by atoms with Gasteiger partial charge in [0.2, 0.25) is 0 Å². The van der Waals surface area contributed by atoms with Crippen molar-refractivity contribution in [1.82, 2.24) is 10.2 Å². The lowest BCUT2D eigenvalue weighted by atomic mass is 10.6. The molecule has 0 radical (unpaired) electrons. The van der Waals surface area contributed by atoms with Crippen LogP contribution in [0.5, 0.6) is 0 Å². The fraction of sp³-hybridized carbons (Fsp3) is 0.333. The van der Waals surface area contributed by atoms with Crippen LogP contribution in [0.15, 0.2) is 17.4 Å². The van der Waals surface area contributed by atoms with Gasteiger partial charge in [-0.1, -0.05) is 0 Å². The summed E-state index contributed by atoms with van der Waals surface area (Å²) in [5.41, 5.74) is 0. The molecular weight excluding hydrogens is 176 g/mol. The van der Waals surface area contributed by atoms with E-state index in [4.69, 9.17) is 0 Å². The number of nitrogens with zero attached hydrogens (tertiary/aromatic N) is 3. The maximum atomic E-state index is 10.0. The molecule has 13 heavy (non-hydrogen) atoms. The number of allylic oxidation sites excluding steroid dienone is 1. The molecule has 0 spiro atoms. The summed E-state index contributed by atoms with van der Waals surface area (Å²) in [6.45, 7) is 1.15. The number of carbonyl (C=O) groups excluding carboxylic acids is 1. The van der Waals surface area contributed by atoms with E-state index >= 15 is 0 Å². The minimum atomic E-state index is -0.782. The maximum Gasteiger partial charge on any atom is 0.275 e. The summed E-state index contributed by atoms with van der Waals surface area (Å²) >= 11 is 0. The van der Waals surface area contributed by atoms with Crippen molar-refractivity contribution < 1.29 is 9.83 Å². The van der Waals surface area contributed by atoms with Crippen molar-refractivity contribution in [2.75, 3.05) is 13.1 Å². The fourth-order valence-electron chi connectivity index (χ4n) is 0.950. The van der Waals surface area contributed by atoms with Gasteiger partial charge in [-0.15, -0.1) is 0 Å². The molecule has 1 heterocycles. The van der Waals surface area contributed by atoms with Crippen molar-refractivity contribution in [3.05, 3.63) is 22.4 Å². The summed E-state index contributed by atoms with van der Waals surface area (Å²) in [5.74, 6) is 0.156. The van der Waals surface area contributed by atoms with Gasteiger partial charge in [0.15, 0.2) is 5.03 Å². The van der Waals surface area contributed by atoms with E-state index in [1.165, 1.54) is 17.2 Å². The molecule has 0 atom stereocenters. The molecular formula is C6H8N4O3. The minimum Gasteiger partial charge on any atom is -0.349 e. The quantitative estimate of drug-likeness (QED) is 0.267. The van der Waals surface area contributed by atoms with Crippen LogP contribution < -0.4 is 5.32 Å². The Morgan fingerprint density at radius 3 is 3.08 bits per heavy atom. The van der Waals surface area contributed by atoms with Crippen molar-refractivity contribution in [1.29, 1.82) is 0 Å². The zero-order chi connectivity index (χ0) is 9.68. The van der Waals surface area contributed by atoms with Gasteiger partial charge in [0.25, 0.3) is 5.96 Å². The third-order valence-electron chi connectivity index (χ3n) is 1.43. The molecule has 7 heteroatoms. The number of nitro groups is 1. The highest BCUT2D eigenvalue weighted by molar-refractivity contribution is 5.82. The molecule has 0 amide bonds. The fourth-order valence-corrected chi connectivity index (χ4v) is 0.950. The molecule has 0 bridgehead atoms. The molecule has 0 aromatic carbocycles. The molecule has 1 N–H and O–H groups in total. The van der Waals surface area contributed by atoms with Crippen LogP contribution in [0.3, 0.4) is 0 Å². The largest absolute Gasteiger partial charge is 0.349 e. The van der Waals surface area contributed by atoms with E-state index in [1.54, 1.807) is 0 Å². The summed E-state index contributed by atoms with van der Waals surface area (Å²) in [7, 11) is 0. The van der Waals surface area contributed by atoms with Crippen molar-refractivity contribution in [3.63, 3.8) is 0 Å². The molecule has 7 nitrogen and oxygen atoms in total. The number of guanidine groups is 1. The van der Waals surface area contributed by atoms with Crippen LogP contribution in [0, 0.1) is 10.1 Å². The number of nitrogens with one attached hydrogen (secondary N) is 1. The van der Waals surface area contributed by atoms with Crippen molar-refractivity contribution in [2.45, 2.75) is 0 Å². The number of carbonyl (C=O) groups is 1. The van der Waals surface area contributed by atoms with Crippen LogP contribution in [-0.4, -0.2) is 35.3 Å². The lowest BCUT2D eigenvalue weighted by molar-refractivity contribution is -0.485. The summed E-state index contributed by atoms with van der Waals surface area (Å²) in [6, 6.07) is 0. The number of hydrazone groups is 1. The smallest absolute Gasteiger partial charge is 0.275 e. The molecule has 1 saturated heterocycles. The van der Waals surface area contributed by atoms with E-state index < -0.39 is 5.03 Å². The average Bonchev–Trinajstić information content (AvgIpc) is 2.48. The SMILES string of the molecule is O=CC=CN1CCNC1=N[N+](=O)[O-]. The Hall–Kier alpha value is -1.92. The van der Waals surface area contributed by atoms with E-state index in [0.29, 0.717) is 19.4 Å².